The molecule has 7 nitrogen and oxygen atoms in total. The van der Waals surface area contributed by atoms with E-state index in [2.05, 4.69) is 5.32 Å². The van der Waals surface area contributed by atoms with Crippen LogP contribution in [-0.4, -0.2) is 41.9 Å². The zero-order valence-electron chi connectivity index (χ0n) is 16.4. The second-order valence-electron chi connectivity index (χ2n) is 8.15. The quantitative estimate of drug-likeness (QED) is 0.797. The van der Waals surface area contributed by atoms with Crippen LogP contribution in [0.3, 0.4) is 0 Å². The number of fused-ring (bicyclic) bond motifs is 2. The third kappa shape index (κ3) is 3.37. The topological polar surface area (TPSA) is 88.9 Å². The molecule has 0 radical (unpaired) electrons. The third-order valence-electron chi connectivity index (χ3n) is 5.57. The van der Waals surface area contributed by atoms with Crippen LogP contribution in [-0.2, 0) is 22.4 Å². The van der Waals surface area contributed by atoms with Gasteiger partial charge in [0, 0.05) is 24.5 Å². The minimum absolute atomic E-state index is 0.0252. The van der Waals surface area contributed by atoms with Crippen molar-refractivity contribution in [2.45, 2.75) is 45.6 Å². The van der Waals surface area contributed by atoms with E-state index in [9.17, 15) is 14.4 Å². The number of piperazine rings is 1. The van der Waals surface area contributed by atoms with Gasteiger partial charge < -0.3 is 19.4 Å². The molecule has 0 spiro atoms. The Balaban J connectivity index is 1.69. The summed E-state index contributed by atoms with van der Waals surface area (Å²) in [6.07, 6.45) is 1.72. The van der Waals surface area contributed by atoms with E-state index in [1.807, 2.05) is 26.8 Å². The van der Waals surface area contributed by atoms with Crippen LogP contribution in [0, 0.1) is 6.92 Å². The first-order valence-electron chi connectivity index (χ1n) is 9.56. The molecule has 0 unspecified atom stereocenters. The van der Waals surface area contributed by atoms with Gasteiger partial charge in [-0.1, -0.05) is 0 Å². The van der Waals surface area contributed by atoms with Crippen molar-refractivity contribution >= 4 is 22.8 Å². The molecule has 148 valence electrons. The zero-order chi connectivity index (χ0) is 20.1. The zero-order valence-corrected chi connectivity index (χ0v) is 16.4. The number of benzene rings is 1. The lowest BCUT2D eigenvalue weighted by atomic mass is 9.92. The van der Waals surface area contributed by atoms with E-state index in [0.29, 0.717) is 24.2 Å². The van der Waals surface area contributed by atoms with Gasteiger partial charge in [0.05, 0.1) is 18.5 Å². The van der Waals surface area contributed by atoms with Gasteiger partial charge in [0.25, 0.3) is 0 Å². The van der Waals surface area contributed by atoms with Gasteiger partial charge in [0.2, 0.25) is 11.8 Å². The molecule has 7 heteroatoms. The summed E-state index contributed by atoms with van der Waals surface area (Å²) >= 11 is 0. The summed E-state index contributed by atoms with van der Waals surface area (Å²) in [6, 6.07) is 3.78. The van der Waals surface area contributed by atoms with E-state index in [0.717, 1.165) is 35.1 Å². The predicted molar refractivity (Wildman–Crippen MR) is 104 cm³/mol. The average molecular weight is 384 g/mol. The molecule has 1 fully saturated rings. The molecule has 1 N–H and O–H groups in total. The number of carbonyl (C=O) groups is 2. The molecule has 1 saturated heterocycles. The summed E-state index contributed by atoms with van der Waals surface area (Å²) in [5.41, 5.74) is 1.87. The minimum Gasteiger partial charge on any atom is -0.487 e. The first kappa shape index (κ1) is 18.5. The number of amides is 2. The molecule has 0 bridgehead atoms. The highest BCUT2D eigenvalue weighted by Gasteiger charge is 2.28. The lowest BCUT2D eigenvalue weighted by molar-refractivity contribution is -0.137. The summed E-state index contributed by atoms with van der Waals surface area (Å²) in [4.78, 5) is 38.2. The molecule has 1 aromatic heterocycles. The second-order valence-corrected chi connectivity index (χ2v) is 8.15. The minimum atomic E-state index is -0.519. The summed E-state index contributed by atoms with van der Waals surface area (Å²) in [7, 11) is 0. The van der Waals surface area contributed by atoms with Gasteiger partial charge in [-0.25, -0.2) is 4.79 Å². The van der Waals surface area contributed by atoms with Crippen LogP contribution in [0.2, 0.25) is 0 Å². The largest absolute Gasteiger partial charge is 0.487 e. The smallest absolute Gasteiger partial charge is 0.340 e. The van der Waals surface area contributed by atoms with E-state index >= 15 is 0 Å². The average Bonchev–Trinajstić information content (AvgIpc) is 2.63. The Labute approximate surface area is 162 Å². The number of carbonyl (C=O) groups excluding carboxylic acids is 2. The molecule has 2 aliphatic heterocycles. The summed E-state index contributed by atoms with van der Waals surface area (Å²) in [6.45, 7) is 6.82. The fraction of sp³-hybridized carbons (Fsp3) is 0.476. The number of aryl methyl sites for hydroxylation is 2. The highest BCUT2D eigenvalue weighted by atomic mass is 16.5. The van der Waals surface area contributed by atoms with Gasteiger partial charge in [-0.2, -0.15) is 0 Å². The Hall–Kier alpha value is -2.83. The molecule has 2 aromatic rings. The predicted octanol–water partition coefficient (Wildman–Crippen LogP) is 1.71. The van der Waals surface area contributed by atoms with Crippen molar-refractivity contribution in [2.24, 2.45) is 0 Å². The van der Waals surface area contributed by atoms with Crippen LogP contribution < -0.4 is 15.7 Å². The molecule has 0 saturated carbocycles. The SMILES string of the molecule is Cc1c(CC(=O)N2CCNC(=O)C2)c(=O)oc2cc3c(cc12)CCC(C)(C)O3. The third-order valence-corrected chi connectivity index (χ3v) is 5.57. The lowest BCUT2D eigenvalue weighted by Gasteiger charge is -2.32. The highest BCUT2D eigenvalue weighted by molar-refractivity contribution is 5.89. The molecular weight excluding hydrogens is 360 g/mol. The van der Waals surface area contributed by atoms with Crippen molar-refractivity contribution in [2.75, 3.05) is 19.6 Å². The monoisotopic (exact) mass is 384 g/mol. The van der Waals surface area contributed by atoms with Crippen LogP contribution in [0.1, 0.15) is 37.0 Å². The first-order chi connectivity index (χ1) is 13.2. The van der Waals surface area contributed by atoms with Gasteiger partial charge >= 0.3 is 5.63 Å². The first-order valence-corrected chi connectivity index (χ1v) is 9.56. The summed E-state index contributed by atoms with van der Waals surface area (Å²) < 4.78 is 11.6. The molecular formula is C21H24N2O5. The Morgan fingerprint density at radius 1 is 1.29 bits per heavy atom. The number of ether oxygens (including phenoxy) is 1. The van der Waals surface area contributed by atoms with Gasteiger partial charge in [-0.05, 0) is 50.8 Å². The van der Waals surface area contributed by atoms with E-state index in [1.165, 1.54) is 4.90 Å². The van der Waals surface area contributed by atoms with Crippen molar-refractivity contribution in [1.82, 2.24) is 10.2 Å². The maximum Gasteiger partial charge on any atom is 0.340 e. The standard InChI is InChI=1S/C21H24N2O5/c1-12-14-8-13-4-5-21(2,3)28-16(13)10-17(14)27-20(26)15(12)9-19(25)23-7-6-22-18(24)11-23/h8,10H,4-7,9,11H2,1-3H3,(H,22,24). The van der Waals surface area contributed by atoms with Gasteiger partial charge in [-0.15, -0.1) is 0 Å². The van der Waals surface area contributed by atoms with Crippen molar-refractivity contribution in [3.8, 4) is 5.75 Å². The summed E-state index contributed by atoms with van der Waals surface area (Å²) in [5, 5.41) is 3.51. The van der Waals surface area contributed by atoms with Crippen LogP contribution in [0.15, 0.2) is 21.3 Å². The van der Waals surface area contributed by atoms with Crippen LogP contribution in [0.4, 0.5) is 0 Å². The molecule has 2 aliphatic rings. The Kier molecular flexibility index (Phi) is 4.40. The number of nitrogens with zero attached hydrogens (tertiary/aromatic N) is 1. The Bertz CT molecular complexity index is 1040. The molecule has 4 rings (SSSR count). The van der Waals surface area contributed by atoms with Crippen LogP contribution in [0.5, 0.6) is 5.75 Å². The number of rotatable bonds is 2. The van der Waals surface area contributed by atoms with Gasteiger partial charge in [-0.3, -0.25) is 9.59 Å². The normalized spacial score (nSPS) is 18.4. The van der Waals surface area contributed by atoms with Crippen LogP contribution >= 0.6 is 0 Å². The number of hydrogen-bond acceptors (Lipinski definition) is 5. The fourth-order valence-corrected chi connectivity index (χ4v) is 3.85. The molecule has 0 aliphatic carbocycles. The van der Waals surface area contributed by atoms with E-state index in [-0.39, 0.29) is 30.4 Å². The Morgan fingerprint density at radius 3 is 2.82 bits per heavy atom. The Morgan fingerprint density at radius 2 is 2.07 bits per heavy atom. The molecule has 3 heterocycles. The molecule has 28 heavy (non-hydrogen) atoms. The molecule has 0 atom stereocenters. The number of nitrogens with one attached hydrogen (secondary N) is 1. The van der Waals surface area contributed by atoms with Crippen molar-refractivity contribution < 1.29 is 18.7 Å². The second kappa shape index (κ2) is 6.65. The van der Waals surface area contributed by atoms with E-state index < -0.39 is 5.63 Å². The van der Waals surface area contributed by atoms with Crippen LogP contribution in [0.25, 0.3) is 11.0 Å². The fourth-order valence-electron chi connectivity index (χ4n) is 3.85. The maximum atomic E-state index is 12.6. The van der Waals surface area contributed by atoms with E-state index in [4.69, 9.17) is 9.15 Å². The van der Waals surface area contributed by atoms with Crippen molar-refractivity contribution in [1.29, 1.82) is 0 Å². The van der Waals surface area contributed by atoms with Gasteiger partial charge in [0.15, 0.2) is 0 Å². The highest BCUT2D eigenvalue weighted by Crippen LogP contribution is 2.36. The molecule has 1 aromatic carbocycles. The lowest BCUT2D eigenvalue weighted by Crippen LogP contribution is -2.50. The maximum absolute atomic E-state index is 12.6. The van der Waals surface area contributed by atoms with Crippen molar-refractivity contribution in [3.63, 3.8) is 0 Å². The van der Waals surface area contributed by atoms with Crippen molar-refractivity contribution in [3.05, 3.63) is 39.2 Å². The van der Waals surface area contributed by atoms with E-state index in [1.54, 1.807) is 6.07 Å². The van der Waals surface area contributed by atoms with Gasteiger partial charge in [0.1, 0.15) is 16.9 Å². The molecule has 2 amide bonds. The number of hydrogen-bond donors (Lipinski definition) is 1. The summed E-state index contributed by atoms with van der Waals surface area (Å²) in [5.74, 6) is 0.318.